The van der Waals surface area contributed by atoms with E-state index in [4.69, 9.17) is 9.47 Å². The molecule has 1 aromatic rings. The van der Waals surface area contributed by atoms with Crippen molar-refractivity contribution in [2.24, 2.45) is 10.5 Å². The fraction of sp³-hybridized carbons (Fsp3) is 0.250. The van der Waals surface area contributed by atoms with E-state index in [1.54, 1.807) is 6.07 Å². The van der Waals surface area contributed by atoms with Gasteiger partial charge in [0.15, 0.2) is 0 Å². The summed E-state index contributed by atoms with van der Waals surface area (Å²) in [5, 5.41) is 5.43. The summed E-state index contributed by atoms with van der Waals surface area (Å²) in [5.74, 6) is 0.869. The summed E-state index contributed by atoms with van der Waals surface area (Å²) in [6, 6.07) is 3.07. The van der Waals surface area contributed by atoms with Gasteiger partial charge in [0.1, 0.15) is 17.2 Å². The predicted octanol–water partition coefficient (Wildman–Crippen LogP) is 2.96. The second-order valence-electron chi connectivity index (χ2n) is 2.37. The van der Waals surface area contributed by atoms with Gasteiger partial charge in [-0.05, 0) is 6.07 Å². The molecule has 0 heterocycles. The van der Waals surface area contributed by atoms with Gasteiger partial charge in [-0.3, -0.25) is 0 Å². The van der Waals surface area contributed by atoms with Gasteiger partial charge >= 0.3 is 0 Å². The Morgan fingerprint density at radius 3 is 2.36 bits per heavy atom. The van der Waals surface area contributed by atoms with Gasteiger partial charge in [0.25, 0.3) is 0 Å². The van der Waals surface area contributed by atoms with Crippen molar-refractivity contribution in [1.82, 2.24) is 0 Å². The van der Waals surface area contributed by atoms with Gasteiger partial charge in [0, 0.05) is 11.4 Å². The molecule has 0 atom stereocenters. The van der Waals surface area contributed by atoms with Crippen molar-refractivity contribution in [2.75, 3.05) is 14.2 Å². The number of halogens is 1. The van der Waals surface area contributed by atoms with Crippen LogP contribution in [0.25, 0.3) is 0 Å². The van der Waals surface area contributed by atoms with E-state index in [0.717, 1.165) is 0 Å². The first-order valence-electron chi connectivity index (χ1n) is 3.70. The van der Waals surface area contributed by atoms with Crippen LogP contribution in [0.5, 0.6) is 11.5 Å². The van der Waals surface area contributed by atoms with Gasteiger partial charge in [0.05, 0.1) is 19.1 Å². The third kappa shape index (κ3) is 2.14. The van der Waals surface area contributed by atoms with Crippen molar-refractivity contribution >= 4 is 18.3 Å². The smallest absolute Gasteiger partial charge is 0.147 e. The molecule has 0 fully saturated rings. The van der Waals surface area contributed by atoms with Crippen LogP contribution < -0.4 is 9.47 Å². The van der Waals surface area contributed by atoms with Crippen molar-refractivity contribution in [3.05, 3.63) is 12.1 Å². The minimum atomic E-state index is 0.254. The van der Waals surface area contributed by atoms with Crippen LogP contribution in [0, 0.1) is 0 Å². The highest BCUT2D eigenvalue weighted by Crippen LogP contribution is 2.36. The first-order chi connectivity index (χ1) is 6.72. The molecule has 0 unspecified atom stereocenters. The summed E-state index contributed by atoms with van der Waals surface area (Å²) in [5.41, 5.74) is 0.254. The number of methoxy groups -OCH3 is 2. The fourth-order valence-electron chi connectivity index (χ4n) is 0.984. The fourth-order valence-corrected chi connectivity index (χ4v) is 1.26. The monoisotopic (exact) mass is 216 g/mol. The lowest BCUT2D eigenvalue weighted by Gasteiger charge is -2.08. The Hall–Kier alpha value is -1.30. The quantitative estimate of drug-likeness (QED) is 0.623. The van der Waals surface area contributed by atoms with Crippen molar-refractivity contribution in [1.29, 1.82) is 0 Å². The number of hydrogen-bond donors (Lipinski definition) is 1. The zero-order chi connectivity index (χ0) is 10.6. The molecule has 4 nitrogen and oxygen atoms in total. The first-order valence-corrected chi connectivity index (χ1v) is 4.14. The van der Waals surface area contributed by atoms with Gasteiger partial charge in [0.2, 0.25) is 0 Å². The Morgan fingerprint density at radius 1 is 1.21 bits per heavy atom. The lowest BCUT2D eigenvalue weighted by Crippen LogP contribution is -1.88. The molecule has 0 aliphatic rings. The van der Waals surface area contributed by atoms with E-state index >= 15 is 0 Å². The standard InChI is InChI=1S/C8H9FN2O2S/c1-12-6-4-8(14)7(13-2)3-5(6)10-11-9/h3-4,14H,1-2H3. The summed E-state index contributed by atoms with van der Waals surface area (Å²) in [4.78, 5) is 0.585. The SMILES string of the molecule is COc1cc(N=NF)c(OC)cc1S. The highest BCUT2D eigenvalue weighted by molar-refractivity contribution is 7.80. The Balaban J connectivity index is 3.24. The number of benzene rings is 1. The predicted molar refractivity (Wildman–Crippen MR) is 52.4 cm³/mol. The van der Waals surface area contributed by atoms with E-state index in [1.807, 2.05) is 0 Å². The van der Waals surface area contributed by atoms with Crippen LogP contribution >= 0.6 is 12.6 Å². The zero-order valence-electron chi connectivity index (χ0n) is 7.69. The van der Waals surface area contributed by atoms with E-state index in [-0.39, 0.29) is 5.69 Å². The summed E-state index contributed by atoms with van der Waals surface area (Å²) < 4.78 is 21.6. The number of hydrogen-bond acceptors (Lipinski definition) is 5. The molecule has 0 radical (unpaired) electrons. The molecule has 0 saturated heterocycles. The second kappa shape index (κ2) is 4.80. The molecule has 0 aromatic heterocycles. The summed E-state index contributed by atoms with van der Waals surface area (Å²) in [6.07, 6.45) is 0. The molecule has 0 aliphatic carbocycles. The molecule has 0 saturated carbocycles. The minimum Gasteiger partial charge on any atom is -0.496 e. The van der Waals surface area contributed by atoms with Crippen LogP contribution in [0.4, 0.5) is 10.2 Å². The number of thiol groups is 1. The third-order valence-corrected chi connectivity index (χ3v) is 1.98. The normalized spacial score (nSPS) is 10.6. The number of nitrogens with zero attached hydrogens (tertiary/aromatic N) is 2. The summed E-state index contributed by atoms with van der Waals surface area (Å²) in [6.45, 7) is 0. The highest BCUT2D eigenvalue weighted by atomic mass is 32.1. The highest BCUT2D eigenvalue weighted by Gasteiger charge is 2.08. The van der Waals surface area contributed by atoms with Gasteiger partial charge in [-0.1, -0.05) is 4.48 Å². The molecule has 76 valence electrons. The van der Waals surface area contributed by atoms with Gasteiger partial charge < -0.3 is 9.47 Å². The Morgan fingerprint density at radius 2 is 1.86 bits per heavy atom. The van der Waals surface area contributed by atoms with Crippen LogP contribution in [0.2, 0.25) is 0 Å². The van der Waals surface area contributed by atoms with Crippen LogP contribution in [0.15, 0.2) is 27.5 Å². The van der Waals surface area contributed by atoms with Gasteiger partial charge in [-0.15, -0.1) is 17.7 Å². The topological polar surface area (TPSA) is 43.2 Å². The van der Waals surface area contributed by atoms with Crippen LogP contribution in [-0.2, 0) is 0 Å². The van der Waals surface area contributed by atoms with Gasteiger partial charge in [-0.2, -0.15) is 0 Å². The maximum atomic E-state index is 11.7. The van der Waals surface area contributed by atoms with Crippen LogP contribution in [-0.4, -0.2) is 14.2 Å². The lowest BCUT2D eigenvalue weighted by molar-refractivity contribution is 0.394. The average molecular weight is 216 g/mol. The molecule has 0 spiro atoms. The van der Waals surface area contributed by atoms with E-state index < -0.39 is 0 Å². The first kappa shape index (κ1) is 10.8. The molecule has 1 rings (SSSR count). The Labute approximate surface area is 86.1 Å². The molecule has 6 heteroatoms. The molecular weight excluding hydrogens is 207 g/mol. The summed E-state index contributed by atoms with van der Waals surface area (Å²) in [7, 11) is 2.93. The lowest BCUT2D eigenvalue weighted by atomic mass is 10.3. The molecule has 0 N–H and O–H groups in total. The third-order valence-electron chi connectivity index (χ3n) is 1.63. The van der Waals surface area contributed by atoms with E-state index in [9.17, 15) is 4.48 Å². The molecule has 0 aliphatic heterocycles. The van der Waals surface area contributed by atoms with Crippen molar-refractivity contribution in [3.63, 3.8) is 0 Å². The Bertz CT molecular complexity index is 357. The molecule has 14 heavy (non-hydrogen) atoms. The molecule has 0 bridgehead atoms. The molecule has 1 aromatic carbocycles. The van der Waals surface area contributed by atoms with E-state index in [1.165, 1.54) is 20.3 Å². The van der Waals surface area contributed by atoms with Gasteiger partial charge in [-0.25, -0.2) is 0 Å². The maximum Gasteiger partial charge on any atom is 0.147 e. The maximum absolute atomic E-state index is 11.7. The Kier molecular flexibility index (Phi) is 3.70. The average Bonchev–Trinajstić information content (AvgIpc) is 2.20. The molecular formula is C8H9FN2O2S. The van der Waals surface area contributed by atoms with Crippen molar-refractivity contribution < 1.29 is 14.0 Å². The zero-order valence-corrected chi connectivity index (χ0v) is 8.59. The molecule has 0 amide bonds. The second-order valence-corrected chi connectivity index (χ2v) is 2.85. The number of rotatable bonds is 3. The summed E-state index contributed by atoms with van der Waals surface area (Å²) >= 11 is 4.15. The van der Waals surface area contributed by atoms with E-state index in [2.05, 4.69) is 23.1 Å². The van der Waals surface area contributed by atoms with E-state index in [0.29, 0.717) is 16.4 Å². The minimum absolute atomic E-state index is 0.254. The van der Waals surface area contributed by atoms with Crippen LogP contribution in [0.3, 0.4) is 0 Å². The largest absolute Gasteiger partial charge is 0.496 e. The van der Waals surface area contributed by atoms with Crippen molar-refractivity contribution in [2.45, 2.75) is 4.90 Å². The number of ether oxygens (including phenoxy) is 2. The van der Waals surface area contributed by atoms with Crippen molar-refractivity contribution in [3.8, 4) is 11.5 Å². The van der Waals surface area contributed by atoms with Crippen LogP contribution in [0.1, 0.15) is 0 Å².